The Bertz CT molecular complexity index is 1310. The normalized spacial score (nSPS) is 14.5. The van der Waals surface area contributed by atoms with Crippen LogP contribution in [0, 0.1) is 6.92 Å². The molecular weight excluding hydrogens is 348 g/mol. The maximum atomic E-state index is 12.7. The molecular formula is C24H18N2O2. The molecule has 28 heavy (non-hydrogen) atoms. The SMILES string of the molecule is Cc1ccc(/C(O)=C2\c3ccccc3Cn3c2nc(=O)c2ccccc23)cc1. The average Bonchev–Trinajstić information content (AvgIpc) is 2.73. The third-order valence-electron chi connectivity index (χ3n) is 5.29. The first-order chi connectivity index (χ1) is 13.6. The van der Waals surface area contributed by atoms with E-state index >= 15 is 0 Å². The smallest absolute Gasteiger partial charge is 0.281 e. The summed E-state index contributed by atoms with van der Waals surface area (Å²) in [5, 5.41) is 11.8. The van der Waals surface area contributed by atoms with Gasteiger partial charge >= 0.3 is 0 Å². The van der Waals surface area contributed by atoms with Gasteiger partial charge in [0.2, 0.25) is 0 Å². The second-order valence-electron chi connectivity index (χ2n) is 7.09. The number of hydrogen-bond acceptors (Lipinski definition) is 3. The molecule has 3 aromatic carbocycles. The molecule has 0 atom stereocenters. The lowest BCUT2D eigenvalue weighted by atomic mass is 9.92. The van der Waals surface area contributed by atoms with E-state index in [0.29, 0.717) is 28.9 Å². The molecule has 0 spiro atoms. The fourth-order valence-electron chi connectivity index (χ4n) is 3.85. The van der Waals surface area contributed by atoms with Gasteiger partial charge in [-0.3, -0.25) is 4.79 Å². The summed E-state index contributed by atoms with van der Waals surface area (Å²) in [7, 11) is 0. The number of nitrogens with zero attached hydrogens (tertiary/aromatic N) is 2. The lowest BCUT2D eigenvalue weighted by Gasteiger charge is -2.26. The van der Waals surface area contributed by atoms with Crippen molar-refractivity contribution in [1.82, 2.24) is 9.55 Å². The van der Waals surface area contributed by atoms with Gasteiger partial charge in [0.25, 0.3) is 5.56 Å². The van der Waals surface area contributed by atoms with Crippen LogP contribution < -0.4 is 5.56 Å². The molecule has 0 bridgehead atoms. The molecule has 1 aliphatic heterocycles. The summed E-state index contributed by atoms with van der Waals surface area (Å²) >= 11 is 0. The van der Waals surface area contributed by atoms with Gasteiger partial charge in [-0.2, -0.15) is 4.98 Å². The number of aliphatic hydroxyl groups excluding tert-OH is 1. The van der Waals surface area contributed by atoms with Gasteiger partial charge in [-0.05, 0) is 30.2 Å². The average molecular weight is 366 g/mol. The van der Waals surface area contributed by atoms with Crippen LogP contribution in [0.5, 0.6) is 0 Å². The molecule has 1 N–H and O–H groups in total. The molecule has 0 aliphatic carbocycles. The number of para-hydroxylation sites is 1. The Kier molecular flexibility index (Phi) is 3.66. The summed E-state index contributed by atoms with van der Waals surface area (Å²) < 4.78 is 2.01. The van der Waals surface area contributed by atoms with E-state index in [0.717, 1.165) is 22.2 Å². The maximum absolute atomic E-state index is 12.7. The van der Waals surface area contributed by atoms with Crippen molar-refractivity contribution in [2.24, 2.45) is 0 Å². The molecule has 0 amide bonds. The predicted molar refractivity (Wildman–Crippen MR) is 111 cm³/mol. The van der Waals surface area contributed by atoms with Gasteiger partial charge in [-0.1, -0.05) is 66.2 Å². The van der Waals surface area contributed by atoms with E-state index in [1.54, 1.807) is 6.07 Å². The standard InChI is InChI=1S/C24H18N2O2/c1-15-10-12-16(13-11-15)22(27)21-18-7-3-2-6-17(18)14-26-20-9-5-4-8-19(20)24(28)25-23(21)26/h2-13,27H,14H2,1H3/b22-21-. The molecule has 0 saturated heterocycles. The van der Waals surface area contributed by atoms with Crippen molar-refractivity contribution >= 4 is 22.2 Å². The van der Waals surface area contributed by atoms with Crippen LogP contribution >= 0.6 is 0 Å². The highest BCUT2D eigenvalue weighted by molar-refractivity contribution is 5.97. The Balaban J connectivity index is 1.89. The van der Waals surface area contributed by atoms with Crippen molar-refractivity contribution in [1.29, 1.82) is 0 Å². The first-order valence-corrected chi connectivity index (χ1v) is 9.22. The molecule has 2 heterocycles. The maximum Gasteiger partial charge on any atom is 0.281 e. The van der Waals surface area contributed by atoms with Gasteiger partial charge in [0.15, 0.2) is 0 Å². The van der Waals surface area contributed by atoms with Crippen LogP contribution in [-0.4, -0.2) is 14.7 Å². The van der Waals surface area contributed by atoms with Crippen LogP contribution in [0.25, 0.3) is 22.2 Å². The third kappa shape index (κ3) is 2.46. The second-order valence-corrected chi connectivity index (χ2v) is 7.09. The Hall–Kier alpha value is -3.66. The highest BCUT2D eigenvalue weighted by atomic mass is 16.3. The van der Waals surface area contributed by atoms with Crippen LogP contribution in [0.15, 0.2) is 77.6 Å². The number of rotatable bonds is 1. The summed E-state index contributed by atoms with van der Waals surface area (Å²) in [4.78, 5) is 17.1. The van der Waals surface area contributed by atoms with Crippen molar-refractivity contribution in [3.05, 3.63) is 111 Å². The van der Waals surface area contributed by atoms with Crippen LogP contribution in [0.2, 0.25) is 0 Å². The summed E-state index contributed by atoms with van der Waals surface area (Å²) in [6.07, 6.45) is 0. The number of hydrogen-bond donors (Lipinski definition) is 1. The first kappa shape index (κ1) is 16.5. The van der Waals surface area contributed by atoms with E-state index in [-0.39, 0.29) is 11.3 Å². The Morgan fingerprint density at radius 3 is 2.50 bits per heavy atom. The van der Waals surface area contributed by atoms with Crippen LogP contribution in [0.4, 0.5) is 0 Å². The lowest BCUT2D eigenvalue weighted by molar-refractivity contribution is 0.512. The quantitative estimate of drug-likeness (QED) is 0.443. The molecule has 4 aromatic rings. The van der Waals surface area contributed by atoms with Gasteiger partial charge in [0.1, 0.15) is 11.6 Å². The number of aromatic nitrogens is 2. The second kappa shape index (κ2) is 6.20. The lowest BCUT2D eigenvalue weighted by Crippen LogP contribution is -2.24. The third-order valence-corrected chi connectivity index (χ3v) is 5.29. The van der Waals surface area contributed by atoms with E-state index in [9.17, 15) is 9.90 Å². The van der Waals surface area contributed by atoms with Crippen LogP contribution in [0.3, 0.4) is 0 Å². The van der Waals surface area contributed by atoms with E-state index in [1.165, 1.54) is 0 Å². The zero-order valence-electron chi connectivity index (χ0n) is 15.4. The molecule has 0 radical (unpaired) electrons. The monoisotopic (exact) mass is 366 g/mol. The largest absolute Gasteiger partial charge is 0.507 e. The molecule has 4 nitrogen and oxygen atoms in total. The topological polar surface area (TPSA) is 55.1 Å². The number of fused-ring (bicyclic) bond motifs is 4. The number of benzene rings is 3. The molecule has 0 fully saturated rings. The van der Waals surface area contributed by atoms with Gasteiger partial charge in [0, 0.05) is 5.56 Å². The van der Waals surface area contributed by atoms with Gasteiger partial charge in [-0.15, -0.1) is 0 Å². The Labute approximate surface area is 162 Å². The summed E-state index contributed by atoms with van der Waals surface area (Å²) in [6.45, 7) is 2.61. The molecule has 0 saturated carbocycles. The van der Waals surface area contributed by atoms with Crippen molar-refractivity contribution < 1.29 is 5.11 Å². The van der Waals surface area contributed by atoms with E-state index in [4.69, 9.17) is 0 Å². The molecule has 136 valence electrons. The zero-order chi connectivity index (χ0) is 19.3. The minimum atomic E-state index is -0.282. The van der Waals surface area contributed by atoms with E-state index in [1.807, 2.05) is 78.2 Å². The van der Waals surface area contributed by atoms with E-state index < -0.39 is 0 Å². The van der Waals surface area contributed by atoms with Crippen molar-refractivity contribution in [3.63, 3.8) is 0 Å². The summed E-state index contributed by atoms with van der Waals surface area (Å²) in [5.41, 5.74) is 4.94. The molecule has 4 heteroatoms. The predicted octanol–water partition coefficient (Wildman–Crippen LogP) is 4.54. The van der Waals surface area contributed by atoms with Gasteiger partial charge in [-0.25, -0.2) is 0 Å². The van der Waals surface area contributed by atoms with E-state index in [2.05, 4.69) is 4.98 Å². The fraction of sp³-hybridized carbons (Fsp3) is 0.0833. The summed E-state index contributed by atoms with van der Waals surface area (Å²) in [5.74, 6) is 0.628. The summed E-state index contributed by atoms with van der Waals surface area (Å²) in [6, 6.07) is 23.1. The Morgan fingerprint density at radius 2 is 1.68 bits per heavy atom. The zero-order valence-corrected chi connectivity index (χ0v) is 15.4. The van der Waals surface area contributed by atoms with Crippen LogP contribution in [-0.2, 0) is 6.54 Å². The molecule has 1 aliphatic rings. The minimum absolute atomic E-state index is 0.128. The number of aryl methyl sites for hydroxylation is 1. The first-order valence-electron chi connectivity index (χ1n) is 9.22. The van der Waals surface area contributed by atoms with Gasteiger partial charge < -0.3 is 9.67 Å². The fourth-order valence-corrected chi connectivity index (χ4v) is 3.85. The Morgan fingerprint density at radius 1 is 0.964 bits per heavy atom. The highest BCUT2D eigenvalue weighted by Crippen LogP contribution is 2.36. The molecule has 1 aromatic heterocycles. The van der Waals surface area contributed by atoms with Gasteiger partial charge in [0.05, 0.1) is 23.0 Å². The van der Waals surface area contributed by atoms with Crippen molar-refractivity contribution in [2.45, 2.75) is 13.5 Å². The highest BCUT2D eigenvalue weighted by Gasteiger charge is 2.26. The van der Waals surface area contributed by atoms with Crippen molar-refractivity contribution in [3.8, 4) is 0 Å². The molecule has 5 rings (SSSR count). The van der Waals surface area contributed by atoms with Crippen molar-refractivity contribution in [2.75, 3.05) is 0 Å². The van der Waals surface area contributed by atoms with Crippen LogP contribution in [0.1, 0.15) is 28.1 Å². The molecule has 0 unspecified atom stereocenters. The minimum Gasteiger partial charge on any atom is -0.507 e. The number of aliphatic hydroxyl groups is 1.